The van der Waals surface area contributed by atoms with Crippen molar-refractivity contribution in [2.45, 2.75) is 19.7 Å². The third-order valence-corrected chi connectivity index (χ3v) is 5.57. The summed E-state index contributed by atoms with van der Waals surface area (Å²) in [5.41, 5.74) is 2.63. The second-order valence-corrected chi connectivity index (χ2v) is 8.10. The Morgan fingerprint density at radius 3 is 2.62 bits per heavy atom. The highest BCUT2D eigenvalue weighted by Gasteiger charge is 2.36. The average Bonchev–Trinajstić information content (AvgIpc) is 3.37. The largest absolute Gasteiger partial charge is 0.411 e. The summed E-state index contributed by atoms with van der Waals surface area (Å²) in [7, 11) is 0. The summed E-state index contributed by atoms with van der Waals surface area (Å²) in [4.78, 5) is 24.5. The molecule has 2 atom stereocenters. The molecule has 1 fully saturated rings. The van der Waals surface area contributed by atoms with E-state index in [2.05, 4.69) is 15.7 Å². The number of halogens is 3. The quantitative estimate of drug-likeness (QED) is 0.546. The van der Waals surface area contributed by atoms with Gasteiger partial charge < -0.3 is 15.4 Å². The summed E-state index contributed by atoms with van der Waals surface area (Å²) in [6, 6.07) is 17.9. The minimum absolute atomic E-state index is 0.166. The van der Waals surface area contributed by atoms with Crippen molar-refractivity contribution in [3.8, 4) is 16.9 Å². The monoisotopic (exact) mass is 472 g/mol. The van der Waals surface area contributed by atoms with E-state index in [0.29, 0.717) is 22.6 Å². The van der Waals surface area contributed by atoms with Gasteiger partial charge in [-0.15, -0.1) is 5.10 Å². The normalized spacial score (nSPS) is 18.1. The molecular formula is C24H23F3N4O3. The van der Waals surface area contributed by atoms with Gasteiger partial charge in [-0.3, -0.25) is 9.59 Å². The molecule has 2 aromatic carbocycles. The smallest absolute Gasteiger partial charge is 0.367 e. The van der Waals surface area contributed by atoms with Crippen LogP contribution in [0.5, 0.6) is 0 Å². The SMILES string of the molecule is C[C@H]1C(=O)NC[C@@H]1C(=O)Nc1cc(-c2cccc(COCC(F)(F)F)c2)n(-c2ccccc2)n1. The van der Waals surface area contributed by atoms with Gasteiger partial charge in [-0.1, -0.05) is 43.3 Å². The first-order valence-corrected chi connectivity index (χ1v) is 10.7. The summed E-state index contributed by atoms with van der Waals surface area (Å²) in [5, 5.41) is 10.0. The Morgan fingerprint density at radius 1 is 1.18 bits per heavy atom. The molecule has 0 aliphatic carbocycles. The fourth-order valence-corrected chi connectivity index (χ4v) is 3.79. The Kier molecular flexibility index (Phi) is 6.69. The molecule has 1 aromatic heterocycles. The molecule has 0 bridgehead atoms. The Labute approximate surface area is 193 Å². The van der Waals surface area contributed by atoms with E-state index in [9.17, 15) is 22.8 Å². The Morgan fingerprint density at radius 2 is 1.94 bits per heavy atom. The van der Waals surface area contributed by atoms with E-state index in [1.54, 1.807) is 41.9 Å². The molecule has 7 nitrogen and oxygen atoms in total. The topological polar surface area (TPSA) is 85.3 Å². The number of carbonyl (C=O) groups is 2. The van der Waals surface area contributed by atoms with Gasteiger partial charge in [0.1, 0.15) is 6.61 Å². The Balaban J connectivity index is 1.61. The lowest BCUT2D eigenvalue weighted by molar-refractivity contribution is -0.176. The zero-order chi connectivity index (χ0) is 24.3. The van der Waals surface area contributed by atoms with E-state index in [-0.39, 0.29) is 25.0 Å². The van der Waals surface area contributed by atoms with Crippen molar-refractivity contribution in [1.82, 2.24) is 15.1 Å². The van der Waals surface area contributed by atoms with E-state index in [1.807, 2.05) is 30.3 Å². The van der Waals surface area contributed by atoms with Gasteiger partial charge in [0.05, 0.1) is 23.9 Å². The first-order valence-electron chi connectivity index (χ1n) is 10.7. The summed E-state index contributed by atoms with van der Waals surface area (Å²) < 4.78 is 43.7. The summed E-state index contributed by atoms with van der Waals surface area (Å²) in [6.07, 6.45) is -4.40. The number of amides is 2. The molecule has 4 rings (SSSR count). The number of carbonyl (C=O) groups excluding carboxylic acids is 2. The maximum absolute atomic E-state index is 12.8. The van der Waals surface area contributed by atoms with E-state index < -0.39 is 24.6 Å². The van der Waals surface area contributed by atoms with E-state index in [1.165, 1.54) is 0 Å². The van der Waals surface area contributed by atoms with Gasteiger partial charge in [0.25, 0.3) is 0 Å². The number of anilines is 1. The first kappa shape index (κ1) is 23.5. The number of nitrogens with zero attached hydrogens (tertiary/aromatic N) is 2. The van der Waals surface area contributed by atoms with Crippen molar-refractivity contribution in [3.63, 3.8) is 0 Å². The zero-order valence-corrected chi connectivity index (χ0v) is 18.3. The molecule has 2 heterocycles. The lowest BCUT2D eigenvalue weighted by Crippen LogP contribution is -2.28. The van der Waals surface area contributed by atoms with Crippen LogP contribution in [0, 0.1) is 11.8 Å². The molecule has 2 amide bonds. The van der Waals surface area contributed by atoms with E-state index in [4.69, 9.17) is 4.74 Å². The van der Waals surface area contributed by atoms with Crippen LogP contribution in [-0.4, -0.2) is 40.9 Å². The van der Waals surface area contributed by atoms with Crippen molar-refractivity contribution in [2.75, 3.05) is 18.5 Å². The highest BCUT2D eigenvalue weighted by molar-refractivity contribution is 5.98. The molecule has 34 heavy (non-hydrogen) atoms. The fourth-order valence-electron chi connectivity index (χ4n) is 3.79. The number of ether oxygens (including phenoxy) is 1. The zero-order valence-electron chi connectivity index (χ0n) is 18.3. The van der Waals surface area contributed by atoms with Gasteiger partial charge >= 0.3 is 6.18 Å². The van der Waals surface area contributed by atoms with Gasteiger partial charge in [0, 0.05) is 24.1 Å². The Hall–Kier alpha value is -3.66. The average molecular weight is 472 g/mol. The number of hydrogen-bond acceptors (Lipinski definition) is 4. The third kappa shape index (κ3) is 5.45. The van der Waals surface area contributed by atoms with Crippen LogP contribution in [0.4, 0.5) is 19.0 Å². The molecular weight excluding hydrogens is 449 g/mol. The maximum atomic E-state index is 12.8. The number of alkyl halides is 3. The van der Waals surface area contributed by atoms with Crippen LogP contribution in [-0.2, 0) is 20.9 Å². The molecule has 10 heteroatoms. The molecule has 0 radical (unpaired) electrons. The van der Waals surface area contributed by atoms with Crippen molar-refractivity contribution in [2.24, 2.45) is 11.8 Å². The summed E-state index contributed by atoms with van der Waals surface area (Å²) in [6.45, 7) is 0.439. The number of rotatable bonds is 7. The van der Waals surface area contributed by atoms with E-state index in [0.717, 1.165) is 5.69 Å². The van der Waals surface area contributed by atoms with Crippen LogP contribution in [0.15, 0.2) is 60.7 Å². The molecule has 0 spiro atoms. The first-order chi connectivity index (χ1) is 16.2. The van der Waals surface area contributed by atoms with Crippen molar-refractivity contribution in [1.29, 1.82) is 0 Å². The van der Waals surface area contributed by atoms with Gasteiger partial charge in [-0.2, -0.15) is 13.2 Å². The van der Waals surface area contributed by atoms with Crippen LogP contribution in [0.2, 0.25) is 0 Å². The molecule has 0 unspecified atom stereocenters. The van der Waals surface area contributed by atoms with Crippen LogP contribution in [0.25, 0.3) is 16.9 Å². The number of aromatic nitrogens is 2. The number of nitrogens with one attached hydrogen (secondary N) is 2. The summed E-state index contributed by atoms with van der Waals surface area (Å²) >= 11 is 0. The highest BCUT2D eigenvalue weighted by Crippen LogP contribution is 2.28. The van der Waals surface area contributed by atoms with Crippen LogP contribution >= 0.6 is 0 Å². The van der Waals surface area contributed by atoms with Gasteiger partial charge in [0.15, 0.2) is 5.82 Å². The number of para-hydroxylation sites is 1. The Bertz CT molecular complexity index is 1180. The van der Waals surface area contributed by atoms with Crippen molar-refractivity contribution >= 4 is 17.6 Å². The maximum Gasteiger partial charge on any atom is 0.411 e. The number of benzene rings is 2. The van der Waals surface area contributed by atoms with E-state index >= 15 is 0 Å². The minimum atomic E-state index is -4.40. The second-order valence-electron chi connectivity index (χ2n) is 8.10. The predicted octanol–water partition coefficient (Wildman–Crippen LogP) is 3.94. The molecule has 1 saturated heterocycles. The molecule has 178 valence electrons. The predicted molar refractivity (Wildman–Crippen MR) is 119 cm³/mol. The second kappa shape index (κ2) is 9.68. The summed E-state index contributed by atoms with van der Waals surface area (Å²) in [5.74, 6) is -1.13. The molecule has 1 aliphatic rings. The number of hydrogen-bond donors (Lipinski definition) is 2. The third-order valence-electron chi connectivity index (χ3n) is 5.57. The van der Waals surface area contributed by atoms with Crippen LogP contribution in [0.1, 0.15) is 12.5 Å². The highest BCUT2D eigenvalue weighted by atomic mass is 19.4. The van der Waals surface area contributed by atoms with Crippen LogP contribution in [0.3, 0.4) is 0 Å². The van der Waals surface area contributed by atoms with Crippen molar-refractivity contribution in [3.05, 3.63) is 66.2 Å². The van der Waals surface area contributed by atoms with Crippen molar-refractivity contribution < 1.29 is 27.5 Å². The standard InChI is InChI=1S/C24H23F3N4O3/c1-15-19(12-28-22(15)32)23(33)29-21-11-20(31(30-21)18-8-3-2-4-9-18)17-7-5-6-16(10-17)13-34-14-24(25,26)27/h2-11,15,19H,12-14H2,1H3,(H,28,32)(H,29,30,33)/t15-,19+/m1/s1. The molecule has 3 aromatic rings. The molecule has 2 N–H and O–H groups in total. The molecule has 1 aliphatic heterocycles. The minimum Gasteiger partial charge on any atom is -0.367 e. The lowest BCUT2D eigenvalue weighted by Gasteiger charge is -2.11. The van der Waals surface area contributed by atoms with Gasteiger partial charge in [-0.25, -0.2) is 4.68 Å². The lowest BCUT2D eigenvalue weighted by atomic mass is 9.97. The van der Waals surface area contributed by atoms with Gasteiger partial charge in [0.2, 0.25) is 11.8 Å². The fraction of sp³-hybridized carbons (Fsp3) is 0.292. The molecule has 0 saturated carbocycles. The van der Waals surface area contributed by atoms with Crippen LogP contribution < -0.4 is 10.6 Å². The van der Waals surface area contributed by atoms with Gasteiger partial charge in [-0.05, 0) is 23.8 Å².